The Kier molecular flexibility index (Phi) is 2.31. The SMILES string of the molecule is CC1CCC(O)(c2ncnn2C)CC1. The predicted molar refractivity (Wildman–Crippen MR) is 52.5 cm³/mol. The highest BCUT2D eigenvalue weighted by Gasteiger charge is 2.36. The third-order valence-corrected chi connectivity index (χ3v) is 3.23. The van der Waals surface area contributed by atoms with Gasteiger partial charge in [0.25, 0.3) is 0 Å². The fourth-order valence-electron chi connectivity index (χ4n) is 2.18. The number of hydrogen-bond donors (Lipinski definition) is 1. The van der Waals surface area contributed by atoms with Gasteiger partial charge in [-0.3, -0.25) is 4.68 Å². The van der Waals surface area contributed by atoms with E-state index in [9.17, 15) is 5.11 Å². The van der Waals surface area contributed by atoms with Gasteiger partial charge in [0.1, 0.15) is 11.9 Å². The Balaban J connectivity index is 2.21. The van der Waals surface area contributed by atoms with Gasteiger partial charge in [-0.15, -0.1) is 0 Å². The summed E-state index contributed by atoms with van der Waals surface area (Å²) in [7, 11) is 1.83. The molecule has 0 saturated heterocycles. The molecule has 14 heavy (non-hydrogen) atoms. The van der Waals surface area contributed by atoms with E-state index in [1.54, 1.807) is 4.68 Å². The number of aromatic nitrogens is 3. The van der Waals surface area contributed by atoms with Crippen molar-refractivity contribution in [2.24, 2.45) is 13.0 Å². The summed E-state index contributed by atoms with van der Waals surface area (Å²) in [6.45, 7) is 2.23. The molecule has 0 atom stereocenters. The second kappa shape index (κ2) is 3.35. The van der Waals surface area contributed by atoms with Crippen LogP contribution >= 0.6 is 0 Å². The molecule has 0 aromatic carbocycles. The first-order chi connectivity index (χ1) is 6.62. The lowest BCUT2D eigenvalue weighted by atomic mass is 9.79. The maximum atomic E-state index is 10.4. The van der Waals surface area contributed by atoms with Crippen molar-refractivity contribution >= 4 is 0 Å². The molecule has 0 aliphatic heterocycles. The maximum Gasteiger partial charge on any atom is 0.158 e. The van der Waals surface area contributed by atoms with Crippen LogP contribution in [0.2, 0.25) is 0 Å². The standard InChI is InChI=1S/C10H17N3O/c1-8-3-5-10(14,6-4-8)9-11-7-12-13(9)2/h7-8,14H,3-6H2,1-2H3. The normalized spacial score (nSPS) is 33.2. The molecule has 0 spiro atoms. The topological polar surface area (TPSA) is 50.9 Å². The van der Waals surface area contributed by atoms with Gasteiger partial charge in [0, 0.05) is 7.05 Å². The van der Waals surface area contributed by atoms with Gasteiger partial charge < -0.3 is 5.11 Å². The van der Waals surface area contributed by atoms with Gasteiger partial charge in [0.05, 0.1) is 0 Å². The lowest BCUT2D eigenvalue weighted by Gasteiger charge is -2.33. The summed E-state index contributed by atoms with van der Waals surface area (Å²) >= 11 is 0. The van der Waals surface area contributed by atoms with E-state index in [1.165, 1.54) is 6.33 Å². The molecule has 1 aromatic heterocycles. The Labute approximate surface area is 84.0 Å². The monoisotopic (exact) mass is 195 g/mol. The molecule has 4 nitrogen and oxygen atoms in total. The Morgan fingerprint density at radius 2 is 2.14 bits per heavy atom. The van der Waals surface area contributed by atoms with Crippen molar-refractivity contribution in [3.8, 4) is 0 Å². The van der Waals surface area contributed by atoms with Crippen LogP contribution in [0.1, 0.15) is 38.4 Å². The molecule has 1 fully saturated rings. The predicted octanol–water partition coefficient (Wildman–Crippen LogP) is 1.21. The first kappa shape index (κ1) is 9.65. The Morgan fingerprint density at radius 1 is 1.50 bits per heavy atom. The van der Waals surface area contributed by atoms with Crippen LogP contribution in [0.15, 0.2) is 6.33 Å². The van der Waals surface area contributed by atoms with Gasteiger partial charge in [0.2, 0.25) is 0 Å². The molecule has 0 unspecified atom stereocenters. The molecule has 0 amide bonds. The Hall–Kier alpha value is -0.900. The highest BCUT2D eigenvalue weighted by molar-refractivity contribution is 5.02. The smallest absolute Gasteiger partial charge is 0.158 e. The van der Waals surface area contributed by atoms with E-state index in [0.717, 1.165) is 31.6 Å². The van der Waals surface area contributed by atoms with Crippen molar-refractivity contribution < 1.29 is 5.11 Å². The van der Waals surface area contributed by atoms with Gasteiger partial charge in [0.15, 0.2) is 5.82 Å². The molecule has 1 aliphatic rings. The van der Waals surface area contributed by atoms with Gasteiger partial charge in [-0.2, -0.15) is 5.10 Å². The van der Waals surface area contributed by atoms with Crippen LogP contribution in [-0.4, -0.2) is 19.9 Å². The molecule has 1 saturated carbocycles. The minimum absolute atomic E-state index is 0.712. The van der Waals surface area contributed by atoms with Gasteiger partial charge in [-0.1, -0.05) is 6.92 Å². The highest BCUT2D eigenvalue weighted by atomic mass is 16.3. The fraction of sp³-hybridized carbons (Fsp3) is 0.800. The van der Waals surface area contributed by atoms with Crippen LogP contribution in [0.5, 0.6) is 0 Å². The van der Waals surface area contributed by atoms with Crippen molar-refractivity contribution in [2.45, 2.75) is 38.2 Å². The van der Waals surface area contributed by atoms with Crippen molar-refractivity contribution in [3.63, 3.8) is 0 Å². The highest BCUT2D eigenvalue weighted by Crippen LogP contribution is 2.37. The summed E-state index contributed by atoms with van der Waals surface area (Å²) in [4.78, 5) is 4.14. The minimum Gasteiger partial charge on any atom is -0.382 e. The number of aryl methyl sites for hydroxylation is 1. The number of hydrogen-bond acceptors (Lipinski definition) is 3. The van der Waals surface area contributed by atoms with Crippen molar-refractivity contribution in [1.29, 1.82) is 0 Å². The van der Waals surface area contributed by atoms with Crippen LogP contribution in [-0.2, 0) is 12.6 Å². The average Bonchev–Trinajstić information content (AvgIpc) is 2.58. The van der Waals surface area contributed by atoms with E-state index in [2.05, 4.69) is 17.0 Å². The Bertz CT molecular complexity index is 313. The van der Waals surface area contributed by atoms with Crippen LogP contribution in [0, 0.1) is 5.92 Å². The Morgan fingerprint density at radius 3 is 2.64 bits per heavy atom. The van der Waals surface area contributed by atoms with Gasteiger partial charge >= 0.3 is 0 Å². The molecule has 78 valence electrons. The number of nitrogens with zero attached hydrogens (tertiary/aromatic N) is 3. The molecule has 1 aliphatic carbocycles. The zero-order valence-corrected chi connectivity index (χ0v) is 8.77. The van der Waals surface area contributed by atoms with Gasteiger partial charge in [-0.05, 0) is 31.6 Å². The van der Waals surface area contributed by atoms with Gasteiger partial charge in [-0.25, -0.2) is 4.98 Å². The van der Waals surface area contributed by atoms with Crippen LogP contribution < -0.4 is 0 Å². The lowest BCUT2D eigenvalue weighted by Crippen LogP contribution is -2.33. The zero-order valence-electron chi connectivity index (χ0n) is 8.77. The lowest BCUT2D eigenvalue weighted by molar-refractivity contribution is -0.0227. The first-order valence-corrected chi connectivity index (χ1v) is 5.19. The van der Waals surface area contributed by atoms with E-state index in [4.69, 9.17) is 0 Å². The van der Waals surface area contributed by atoms with Crippen molar-refractivity contribution in [1.82, 2.24) is 14.8 Å². The summed E-state index contributed by atoms with van der Waals surface area (Å²) < 4.78 is 1.68. The zero-order chi connectivity index (χ0) is 10.2. The van der Waals surface area contributed by atoms with E-state index in [-0.39, 0.29) is 0 Å². The summed E-state index contributed by atoms with van der Waals surface area (Å²) in [6, 6.07) is 0. The van der Waals surface area contributed by atoms with Crippen molar-refractivity contribution in [2.75, 3.05) is 0 Å². The van der Waals surface area contributed by atoms with Crippen LogP contribution in [0.4, 0.5) is 0 Å². The van der Waals surface area contributed by atoms with E-state index < -0.39 is 5.60 Å². The van der Waals surface area contributed by atoms with Crippen molar-refractivity contribution in [3.05, 3.63) is 12.2 Å². The summed E-state index contributed by atoms with van der Waals surface area (Å²) in [5.41, 5.74) is -0.738. The van der Waals surface area contributed by atoms with E-state index in [1.807, 2.05) is 7.05 Å². The van der Waals surface area contributed by atoms with Crippen LogP contribution in [0.25, 0.3) is 0 Å². The largest absolute Gasteiger partial charge is 0.382 e. The minimum atomic E-state index is -0.738. The molecule has 1 heterocycles. The van der Waals surface area contributed by atoms with E-state index in [0.29, 0.717) is 5.82 Å². The molecule has 0 radical (unpaired) electrons. The number of aliphatic hydroxyl groups is 1. The maximum absolute atomic E-state index is 10.4. The second-order valence-corrected chi connectivity index (χ2v) is 4.42. The molecular formula is C10H17N3O. The molecule has 2 rings (SSSR count). The molecular weight excluding hydrogens is 178 g/mol. The summed E-state index contributed by atoms with van der Waals surface area (Å²) in [5.74, 6) is 1.44. The first-order valence-electron chi connectivity index (χ1n) is 5.19. The average molecular weight is 195 g/mol. The molecule has 4 heteroatoms. The molecule has 1 N–H and O–H groups in total. The van der Waals surface area contributed by atoms with Crippen LogP contribution in [0.3, 0.4) is 0 Å². The number of rotatable bonds is 1. The summed E-state index contributed by atoms with van der Waals surface area (Å²) in [5, 5.41) is 14.4. The molecule has 1 aromatic rings. The quantitative estimate of drug-likeness (QED) is 0.733. The fourth-order valence-corrected chi connectivity index (χ4v) is 2.18. The third kappa shape index (κ3) is 1.54. The summed E-state index contributed by atoms with van der Waals surface area (Å²) in [6.07, 6.45) is 5.26. The molecule has 0 bridgehead atoms. The second-order valence-electron chi connectivity index (χ2n) is 4.42. The van der Waals surface area contributed by atoms with E-state index >= 15 is 0 Å². The third-order valence-electron chi connectivity index (χ3n) is 3.23.